The van der Waals surface area contributed by atoms with Crippen molar-refractivity contribution in [1.82, 2.24) is 15.1 Å². The van der Waals surface area contributed by atoms with Crippen molar-refractivity contribution in [1.29, 1.82) is 0 Å². The molecule has 0 aliphatic carbocycles. The van der Waals surface area contributed by atoms with E-state index in [0.29, 0.717) is 12.2 Å². The third-order valence-electron chi connectivity index (χ3n) is 4.29. The van der Waals surface area contributed by atoms with Crippen molar-refractivity contribution in [2.75, 3.05) is 18.1 Å². The zero-order valence-electron chi connectivity index (χ0n) is 13.4. The predicted molar refractivity (Wildman–Crippen MR) is 85.2 cm³/mol. The van der Waals surface area contributed by atoms with Crippen LogP contribution in [0.1, 0.15) is 55.6 Å². The lowest BCUT2D eigenvalue weighted by molar-refractivity contribution is 0.485. The highest BCUT2D eigenvalue weighted by Crippen LogP contribution is 2.26. The Balaban J connectivity index is 2.01. The van der Waals surface area contributed by atoms with Crippen molar-refractivity contribution >= 4 is 9.84 Å². The Morgan fingerprint density at radius 1 is 1.33 bits per heavy atom. The van der Waals surface area contributed by atoms with Crippen molar-refractivity contribution in [3.8, 4) is 0 Å². The van der Waals surface area contributed by atoms with Crippen molar-refractivity contribution in [3.05, 3.63) is 17.0 Å². The first-order chi connectivity index (χ1) is 9.94. The van der Waals surface area contributed by atoms with Crippen LogP contribution in [0.15, 0.2) is 0 Å². The van der Waals surface area contributed by atoms with E-state index in [1.165, 1.54) is 24.8 Å². The summed E-state index contributed by atoms with van der Waals surface area (Å²) in [6.45, 7) is 8.11. The lowest BCUT2D eigenvalue weighted by atomic mass is 10.2. The summed E-state index contributed by atoms with van der Waals surface area (Å²) >= 11 is 0. The molecule has 0 saturated carbocycles. The maximum Gasteiger partial charge on any atom is 0.152 e. The summed E-state index contributed by atoms with van der Waals surface area (Å²) in [5.74, 6) is 0.527. The number of nitrogens with one attached hydrogen (secondary N) is 1. The minimum Gasteiger partial charge on any atom is -0.313 e. The molecule has 120 valence electrons. The smallest absolute Gasteiger partial charge is 0.152 e. The Kier molecular flexibility index (Phi) is 5.43. The normalized spacial score (nSPS) is 21.0. The summed E-state index contributed by atoms with van der Waals surface area (Å²) in [6.07, 6.45) is 4.37. The Morgan fingerprint density at radius 2 is 2.10 bits per heavy atom. The summed E-state index contributed by atoms with van der Waals surface area (Å²) in [7, 11) is -2.87. The average molecular weight is 313 g/mol. The van der Waals surface area contributed by atoms with Crippen molar-refractivity contribution in [3.63, 3.8) is 0 Å². The van der Waals surface area contributed by atoms with Gasteiger partial charge in [0.25, 0.3) is 0 Å². The van der Waals surface area contributed by atoms with Gasteiger partial charge in [-0.25, -0.2) is 8.42 Å². The molecule has 1 aromatic rings. The van der Waals surface area contributed by atoms with Crippen LogP contribution in [-0.4, -0.2) is 36.2 Å². The van der Waals surface area contributed by atoms with Gasteiger partial charge in [0.05, 0.1) is 23.2 Å². The molecule has 0 spiro atoms. The first kappa shape index (κ1) is 16.5. The van der Waals surface area contributed by atoms with Crippen LogP contribution in [0, 0.1) is 13.8 Å². The van der Waals surface area contributed by atoms with Crippen LogP contribution in [0.3, 0.4) is 0 Å². The number of rotatable bonds is 7. The van der Waals surface area contributed by atoms with Gasteiger partial charge >= 0.3 is 0 Å². The molecule has 1 aromatic heterocycles. The molecule has 1 unspecified atom stereocenters. The summed E-state index contributed by atoms with van der Waals surface area (Å²) in [5, 5.41) is 8.05. The van der Waals surface area contributed by atoms with Crippen LogP contribution in [0.4, 0.5) is 0 Å². The Labute approximate surface area is 128 Å². The number of aryl methyl sites for hydroxylation is 1. The fourth-order valence-corrected chi connectivity index (χ4v) is 4.68. The molecule has 0 aromatic carbocycles. The van der Waals surface area contributed by atoms with E-state index >= 15 is 0 Å². The van der Waals surface area contributed by atoms with E-state index in [1.807, 2.05) is 18.5 Å². The highest BCUT2D eigenvalue weighted by Gasteiger charge is 2.31. The zero-order valence-corrected chi connectivity index (χ0v) is 14.2. The van der Waals surface area contributed by atoms with E-state index < -0.39 is 9.84 Å². The quantitative estimate of drug-likeness (QED) is 0.783. The van der Waals surface area contributed by atoms with Gasteiger partial charge in [-0.1, -0.05) is 19.8 Å². The van der Waals surface area contributed by atoms with Crippen molar-refractivity contribution in [2.24, 2.45) is 0 Å². The fraction of sp³-hybridized carbons (Fsp3) is 0.800. The predicted octanol–water partition coefficient (Wildman–Crippen LogP) is 2.14. The minimum atomic E-state index is -2.87. The molecule has 0 bridgehead atoms. The lowest BCUT2D eigenvalue weighted by Gasteiger charge is -2.11. The lowest BCUT2D eigenvalue weighted by Crippen LogP contribution is -2.17. The second-order valence-corrected chi connectivity index (χ2v) is 8.26. The number of unbranched alkanes of at least 4 members (excludes halogenated alkanes) is 2. The first-order valence-corrected chi connectivity index (χ1v) is 9.72. The molecule has 2 heterocycles. The third kappa shape index (κ3) is 4.07. The van der Waals surface area contributed by atoms with E-state index in [-0.39, 0.29) is 11.8 Å². The van der Waals surface area contributed by atoms with Gasteiger partial charge in [-0.15, -0.1) is 0 Å². The average Bonchev–Trinajstić information content (AvgIpc) is 2.91. The number of nitrogens with zero attached hydrogens (tertiary/aromatic N) is 2. The molecular weight excluding hydrogens is 286 g/mol. The first-order valence-electron chi connectivity index (χ1n) is 7.90. The van der Waals surface area contributed by atoms with E-state index in [1.54, 1.807) is 0 Å². The van der Waals surface area contributed by atoms with Gasteiger partial charge < -0.3 is 5.32 Å². The SMILES string of the molecule is CCCCCNCc1c(C)nn(C2CCS(=O)(=O)C2)c1C. The second kappa shape index (κ2) is 6.92. The fourth-order valence-electron chi connectivity index (χ4n) is 2.99. The highest BCUT2D eigenvalue weighted by atomic mass is 32.2. The molecule has 1 saturated heterocycles. The van der Waals surface area contributed by atoms with E-state index in [4.69, 9.17) is 0 Å². The monoisotopic (exact) mass is 313 g/mol. The van der Waals surface area contributed by atoms with Crippen LogP contribution < -0.4 is 5.32 Å². The van der Waals surface area contributed by atoms with Gasteiger partial charge in [-0.2, -0.15) is 5.10 Å². The molecular formula is C15H27N3O2S. The summed E-state index contributed by atoms with van der Waals surface area (Å²) in [5.41, 5.74) is 3.34. The summed E-state index contributed by atoms with van der Waals surface area (Å²) in [4.78, 5) is 0. The number of aromatic nitrogens is 2. The second-order valence-electron chi connectivity index (χ2n) is 6.03. The van der Waals surface area contributed by atoms with E-state index in [0.717, 1.165) is 24.5 Å². The number of hydrogen-bond acceptors (Lipinski definition) is 4. The van der Waals surface area contributed by atoms with Crippen molar-refractivity contribution < 1.29 is 8.42 Å². The maximum absolute atomic E-state index is 11.6. The molecule has 5 nitrogen and oxygen atoms in total. The van der Waals surface area contributed by atoms with Crippen LogP contribution in [0.5, 0.6) is 0 Å². The molecule has 0 amide bonds. The molecule has 1 atom stereocenters. The Morgan fingerprint density at radius 3 is 2.71 bits per heavy atom. The molecule has 0 radical (unpaired) electrons. The van der Waals surface area contributed by atoms with Gasteiger partial charge in [-0.3, -0.25) is 4.68 Å². The van der Waals surface area contributed by atoms with E-state index in [9.17, 15) is 8.42 Å². The standard InChI is InChI=1S/C15H27N3O2S/c1-4-5-6-8-16-10-15-12(2)17-18(13(15)3)14-7-9-21(19,20)11-14/h14,16H,4-11H2,1-3H3. The minimum absolute atomic E-state index is 0.0162. The van der Waals surface area contributed by atoms with Crippen LogP contribution in [0.2, 0.25) is 0 Å². The molecule has 6 heteroatoms. The topological polar surface area (TPSA) is 64.0 Å². The van der Waals surface area contributed by atoms with Crippen LogP contribution in [0.25, 0.3) is 0 Å². The number of hydrogen-bond donors (Lipinski definition) is 1. The molecule has 1 aliphatic rings. The molecule has 1 N–H and O–H groups in total. The summed E-state index contributed by atoms with van der Waals surface area (Å²) < 4.78 is 25.2. The van der Waals surface area contributed by atoms with Gasteiger partial charge in [0, 0.05) is 17.8 Å². The van der Waals surface area contributed by atoms with E-state index in [2.05, 4.69) is 17.3 Å². The molecule has 1 aliphatic heterocycles. The zero-order chi connectivity index (χ0) is 15.5. The van der Waals surface area contributed by atoms with Crippen molar-refractivity contribution in [2.45, 2.75) is 59.0 Å². The maximum atomic E-state index is 11.6. The summed E-state index contributed by atoms with van der Waals surface area (Å²) in [6, 6.07) is 0.0162. The number of sulfone groups is 1. The largest absolute Gasteiger partial charge is 0.313 e. The third-order valence-corrected chi connectivity index (χ3v) is 6.04. The van der Waals surface area contributed by atoms with Gasteiger partial charge in [0.2, 0.25) is 0 Å². The molecule has 2 rings (SSSR count). The molecule has 21 heavy (non-hydrogen) atoms. The van der Waals surface area contributed by atoms with Crippen LogP contribution in [-0.2, 0) is 16.4 Å². The molecule has 1 fully saturated rings. The Hall–Kier alpha value is -0.880. The van der Waals surface area contributed by atoms with Gasteiger partial charge in [0.1, 0.15) is 0 Å². The highest BCUT2D eigenvalue weighted by molar-refractivity contribution is 7.91. The van der Waals surface area contributed by atoms with Gasteiger partial charge in [-0.05, 0) is 33.2 Å². The van der Waals surface area contributed by atoms with Crippen LogP contribution >= 0.6 is 0 Å². The van der Waals surface area contributed by atoms with Gasteiger partial charge in [0.15, 0.2) is 9.84 Å². The Bertz CT molecular complexity index is 578.